The Morgan fingerprint density at radius 2 is 1.95 bits per heavy atom. The Balaban J connectivity index is 1.72. The van der Waals surface area contributed by atoms with Crippen molar-refractivity contribution in [1.29, 1.82) is 0 Å². The smallest absolute Gasteiger partial charge is 0.233 e. The molecule has 1 N–H and O–H groups in total. The molecule has 2 aliphatic heterocycles. The van der Waals surface area contributed by atoms with Crippen molar-refractivity contribution < 1.29 is 19.4 Å². The number of aliphatic hydroxyl groups is 1. The third kappa shape index (κ3) is 2.09. The highest BCUT2D eigenvalue weighted by atomic mass is 16.5. The van der Waals surface area contributed by atoms with Crippen LogP contribution in [0.15, 0.2) is 0 Å². The lowest BCUT2D eigenvalue weighted by atomic mass is 10.00. The highest BCUT2D eigenvalue weighted by molar-refractivity contribution is 6.05. The van der Waals surface area contributed by atoms with Gasteiger partial charge in [-0.1, -0.05) is 13.3 Å². The van der Waals surface area contributed by atoms with Gasteiger partial charge >= 0.3 is 0 Å². The largest absolute Gasteiger partial charge is 0.386 e. The van der Waals surface area contributed by atoms with Gasteiger partial charge in [0.25, 0.3) is 0 Å². The number of likely N-dealkylation sites (tertiary alicyclic amines) is 1. The van der Waals surface area contributed by atoms with Gasteiger partial charge in [-0.2, -0.15) is 0 Å². The molecule has 0 radical (unpaired) electrons. The van der Waals surface area contributed by atoms with E-state index >= 15 is 0 Å². The summed E-state index contributed by atoms with van der Waals surface area (Å²) in [5, 5.41) is 10.3. The van der Waals surface area contributed by atoms with E-state index in [2.05, 4.69) is 6.92 Å². The van der Waals surface area contributed by atoms with Gasteiger partial charge in [0.1, 0.15) is 5.60 Å². The van der Waals surface area contributed by atoms with E-state index < -0.39 is 5.60 Å². The predicted molar refractivity (Wildman–Crippen MR) is 67.1 cm³/mol. The molecule has 5 heteroatoms. The monoisotopic (exact) mass is 267 g/mol. The predicted octanol–water partition coefficient (Wildman–Crippen LogP) is 0.559. The molecule has 106 valence electrons. The lowest BCUT2D eigenvalue weighted by molar-refractivity contribution is -0.144. The van der Waals surface area contributed by atoms with E-state index in [-0.39, 0.29) is 36.8 Å². The summed E-state index contributed by atoms with van der Waals surface area (Å²) in [6.45, 7) is 2.93. The molecule has 2 amide bonds. The van der Waals surface area contributed by atoms with Gasteiger partial charge in [-0.25, -0.2) is 0 Å². The van der Waals surface area contributed by atoms with Crippen LogP contribution in [-0.2, 0) is 14.3 Å². The number of amides is 2. The van der Waals surface area contributed by atoms with Crippen molar-refractivity contribution in [2.45, 2.75) is 38.2 Å². The molecule has 0 bridgehead atoms. The summed E-state index contributed by atoms with van der Waals surface area (Å²) in [6.07, 6.45) is 3.19. The lowest BCUT2D eigenvalue weighted by Gasteiger charge is -2.27. The maximum atomic E-state index is 12.3. The molecular formula is C14H21NO4. The van der Waals surface area contributed by atoms with Crippen LogP contribution in [0.3, 0.4) is 0 Å². The van der Waals surface area contributed by atoms with E-state index in [1.54, 1.807) is 0 Å². The van der Waals surface area contributed by atoms with Gasteiger partial charge in [-0.3, -0.25) is 14.5 Å². The average molecular weight is 267 g/mol. The van der Waals surface area contributed by atoms with Crippen LogP contribution in [0.4, 0.5) is 0 Å². The Labute approximate surface area is 112 Å². The van der Waals surface area contributed by atoms with Crippen LogP contribution in [0.2, 0.25) is 0 Å². The molecule has 2 heterocycles. The van der Waals surface area contributed by atoms with E-state index in [0.29, 0.717) is 18.9 Å². The molecule has 0 aromatic heterocycles. The minimum absolute atomic E-state index is 0.0775. The second-order valence-electron chi connectivity index (χ2n) is 6.25. The molecule has 1 saturated carbocycles. The summed E-state index contributed by atoms with van der Waals surface area (Å²) in [7, 11) is 0. The first kappa shape index (κ1) is 13.1. The maximum absolute atomic E-state index is 12.3. The second-order valence-corrected chi connectivity index (χ2v) is 6.25. The molecule has 3 unspecified atom stereocenters. The summed E-state index contributed by atoms with van der Waals surface area (Å²) in [6, 6.07) is 0. The Morgan fingerprint density at radius 3 is 2.42 bits per heavy atom. The highest BCUT2D eigenvalue weighted by Gasteiger charge is 2.53. The van der Waals surface area contributed by atoms with Gasteiger partial charge in [-0.05, 0) is 18.8 Å². The standard InChI is InChI=1S/C14H21NO4/c1-2-9-5-10-11(6-9)13(17)15(12(10)16)7-14(18)3-4-19-8-14/h9-11,18H,2-8H2,1H3. The van der Waals surface area contributed by atoms with Crippen LogP contribution >= 0.6 is 0 Å². The highest BCUT2D eigenvalue weighted by Crippen LogP contribution is 2.44. The SMILES string of the molecule is CCC1CC2C(=O)N(CC3(O)CCOC3)C(=O)C2C1. The molecule has 3 aliphatic rings. The Bertz CT molecular complexity index is 378. The van der Waals surface area contributed by atoms with Crippen molar-refractivity contribution in [3.05, 3.63) is 0 Å². The average Bonchev–Trinajstić information content (AvgIpc) is 3.05. The number of β-amino-alcohol motifs (C(OH)–C–C–N with tert-alkyl or cyclic N) is 1. The minimum Gasteiger partial charge on any atom is -0.386 e. The zero-order valence-electron chi connectivity index (χ0n) is 11.3. The summed E-state index contributed by atoms with van der Waals surface area (Å²) in [5.41, 5.74) is -1.03. The number of carbonyl (C=O) groups is 2. The third-order valence-corrected chi connectivity index (χ3v) is 4.94. The van der Waals surface area contributed by atoms with Gasteiger partial charge in [0, 0.05) is 13.0 Å². The molecule has 0 aromatic rings. The van der Waals surface area contributed by atoms with Crippen molar-refractivity contribution >= 4 is 11.8 Å². The van der Waals surface area contributed by atoms with Crippen LogP contribution in [-0.4, -0.2) is 47.2 Å². The zero-order chi connectivity index (χ0) is 13.6. The lowest BCUT2D eigenvalue weighted by Crippen LogP contribution is -2.46. The molecule has 0 spiro atoms. The number of nitrogens with zero attached hydrogens (tertiary/aromatic N) is 1. The molecule has 19 heavy (non-hydrogen) atoms. The van der Waals surface area contributed by atoms with E-state index in [0.717, 1.165) is 19.3 Å². The fraction of sp³-hybridized carbons (Fsp3) is 0.857. The van der Waals surface area contributed by atoms with Crippen LogP contribution in [0, 0.1) is 17.8 Å². The molecule has 1 aliphatic carbocycles. The number of carbonyl (C=O) groups excluding carboxylic acids is 2. The van der Waals surface area contributed by atoms with Gasteiger partial charge in [0.05, 0.1) is 25.0 Å². The van der Waals surface area contributed by atoms with Crippen molar-refractivity contribution in [2.75, 3.05) is 19.8 Å². The topological polar surface area (TPSA) is 66.8 Å². The summed E-state index contributed by atoms with van der Waals surface area (Å²) in [4.78, 5) is 26.0. The van der Waals surface area contributed by atoms with E-state index in [9.17, 15) is 14.7 Å². The normalized spacial score (nSPS) is 42.2. The van der Waals surface area contributed by atoms with E-state index in [1.807, 2.05) is 0 Å². The number of fused-ring (bicyclic) bond motifs is 1. The van der Waals surface area contributed by atoms with Crippen LogP contribution in [0.25, 0.3) is 0 Å². The van der Waals surface area contributed by atoms with Crippen molar-refractivity contribution in [1.82, 2.24) is 4.90 Å². The van der Waals surface area contributed by atoms with Gasteiger partial charge in [0.2, 0.25) is 11.8 Å². The van der Waals surface area contributed by atoms with Crippen molar-refractivity contribution in [2.24, 2.45) is 17.8 Å². The molecule has 3 atom stereocenters. The Hall–Kier alpha value is -0.940. The summed E-state index contributed by atoms with van der Waals surface area (Å²) >= 11 is 0. The van der Waals surface area contributed by atoms with E-state index in [1.165, 1.54) is 4.90 Å². The van der Waals surface area contributed by atoms with Crippen LogP contribution < -0.4 is 0 Å². The Kier molecular flexibility index (Phi) is 3.14. The summed E-state index contributed by atoms with van der Waals surface area (Å²) in [5.74, 6) is 0.0762. The van der Waals surface area contributed by atoms with Crippen LogP contribution in [0.1, 0.15) is 32.6 Å². The molecule has 3 fully saturated rings. The molecule has 0 aromatic carbocycles. The first-order chi connectivity index (χ1) is 9.04. The van der Waals surface area contributed by atoms with Crippen molar-refractivity contribution in [3.63, 3.8) is 0 Å². The number of hydrogen-bond acceptors (Lipinski definition) is 4. The van der Waals surface area contributed by atoms with Gasteiger partial charge in [-0.15, -0.1) is 0 Å². The maximum Gasteiger partial charge on any atom is 0.233 e. The molecule has 3 rings (SSSR count). The first-order valence-electron chi connectivity index (χ1n) is 7.19. The third-order valence-electron chi connectivity index (χ3n) is 4.94. The van der Waals surface area contributed by atoms with E-state index in [4.69, 9.17) is 4.74 Å². The Morgan fingerprint density at radius 1 is 1.32 bits per heavy atom. The number of rotatable bonds is 3. The quantitative estimate of drug-likeness (QED) is 0.759. The molecule has 2 saturated heterocycles. The number of ether oxygens (including phenoxy) is 1. The van der Waals surface area contributed by atoms with Gasteiger partial charge < -0.3 is 9.84 Å². The molecular weight excluding hydrogens is 246 g/mol. The first-order valence-corrected chi connectivity index (χ1v) is 7.19. The fourth-order valence-electron chi connectivity index (χ4n) is 3.70. The van der Waals surface area contributed by atoms with Gasteiger partial charge in [0.15, 0.2) is 0 Å². The zero-order valence-corrected chi connectivity index (χ0v) is 11.3. The van der Waals surface area contributed by atoms with Crippen LogP contribution in [0.5, 0.6) is 0 Å². The number of hydrogen-bond donors (Lipinski definition) is 1. The minimum atomic E-state index is -1.03. The number of imide groups is 1. The molecule has 5 nitrogen and oxygen atoms in total. The van der Waals surface area contributed by atoms with Crippen molar-refractivity contribution in [3.8, 4) is 0 Å². The fourth-order valence-corrected chi connectivity index (χ4v) is 3.70. The second kappa shape index (κ2) is 4.56. The summed E-state index contributed by atoms with van der Waals surface area (Å²) < 4.78 is 5.17.